The van der Waals surface area contributed by atoms with Crippen LogP contribution in [0.4, 0.5) is 4.79 Å². The van der Waals surface area contributed by atoms with E-state index in [2.05, 4.69) is 27.2 Å². The molecule has 2 aromatic rings. The number of aryl methyl sites for hydroxylation is 2. The molecule has 2 aromatic heterocycles. The fourth-order valence-corrected chi connectivity index (χ4v) is 3.36. The average Bonchev–Trinajstić information content (AvgIpc) is 2.93. The van der Waals surface area contributed by atoms with Crippen LogP contribution in [0, 0.1) is 13.8 Å². The van der Waals surface area contributed by atoms with Crippen LogP contribution in [-0.2, 0) is 17.7 Å². The Morgan fingerprint density at radius 2 is 2.04 bits per heavy atom. The minimum absolute atomic E-state index is 0.409. The van der Waals surface area contributed by atoms with Gasteiger partial charge in [-0.15, -0.1) is 11.3 Å². The van der Waals surface area contributed by atoms with E-state index in [1.165, 1.54) is 0 Å². The first kappa shape index (κ1) is 20.9. The molecule has 0 fully saturated rings. The lowest BCUT2D eigenvalue weighted by atomic mass is 10.2. The van der Waals surface area contributed by atoms with Gasteiger partial charge in [0.25, 0.3) is 0 Å². The van der Waals surface area contributed by atoms with Crippen molar-refractivity contribution in [3.8, 4) is 0 Å². The van der Waals surface area contributed by atoms with Crippen LogP contribution in [-0.4, -0.2) is 28.2 Å². The quantitative estimate of drug-likeness (QED) is 0.750. The van der Waals surface area contributed by atoms with Crippen molar-refractivity contribution in [2.45, 2.75) is 53.2 Å². The molecule has 6 nitrogen and oxygen atoms in total. The van der Waals surface area contributed by atoms with Gasteiger partial charge >= 0.3 is 6.09 Å². The molecule has 146 valence electrons. The third-order valence-corrected chi connectivity index (χ3v) is 4.75. The summed E-state index contributed by atoms with van der Waals surface area (Å²) in [5.41, 5.74) is 3.28. The smallest absolute Gasteiger partial charge is 0.407 e. The zero-order valence-electron chi connectivity index (χ0n) is 16.7. The SMILES string of the molecule is C=C(NCc1ncccc1C)c1nc(CCNC(=O)OC(C)(C)C)sc1C. The van der Waals surface area contributed by atoms with Crippen molar-refractivity contribution in [2.75, 3.05) is 6.54 Å². The number of rotatable bonds is 7. The number of carbonyl (C=O) groups is 1. The lowest BCUT2D eigenvalue weighted by molar-refractivity contribution is 0.0528. The van der Waals surface area contributed by atoms with E-state index in [0.29, 0.717) is 19.5 Å². The van der Waals surface area contributed by atoms with E-state index >= 15 is 0 Å². The summed E-state index contributed by atoms with van der Waals surface area (Å²) in [4.78, 5) is 21.8. The molecule has 1 amide bonds. The summed E-state index contributed by atoms with van der Waals surface area (Å²) in [5, 5.41) is 7.02. The highest BCUT2D eigenvalue weighted by Crippen LogP contribution is 2.22. The Balaban J connectivity index is 1.87. The summed E-state index contributed by atoms with van der Waals surface area (Å²) in [5.74, 6) is 0. The standard InChI is InChI=1S/C20H28N4O2S/c1-13-8-7-10-21-16(13)12-23-14(2)18-15(3)27-17(24-18)9-11-22-19(25)26-20(4,5)6/h7-8,10,23H,2,9,11-12H2,1,3-6H3,(H,22,25). The molecule has 0 spiro atoms. The normalized spacial score (nSPS) is 11.1. The Morgan fingerprint density at radius 3 is 2.70 bits per heavy atom. The number of nitrogens with one attached hydrogen (secondary N) is 2. The zero-order chi connectivity index (χ0) is 20.0. The molecule has 27 heavy (non-hydrogen) atoms. The van der Waals surface area contributed by atoms with E-state index in [1.54, 1.807) is 17.5 Å². The summed E-state index contributed by atoms with van der Waals surface area (Å²) in [6, 6.07) is 3.96. The van der Waals surface area contributed by atoms with Gasteiger partial charge in [0.2, 0.25) is 0 Å². The maximum absolute atomic E-state index is 11.7. The van der Waals surface area contributed by atoms with E-state index in [9.17, 15) is 4.79 Å². The molecular weight excluding hydrogens is 360 g/mol. The molecule has 0 aromatic carbocycles. The molecule has 0 unspecified atom stereocenters. The van der Waals surface area contributed by atoms with Gasteiger partial charge in [-0.25, -0.2) is 9.78 Å². The van der Waals surface area contributed by atoms with Crippen molar-refractivity contribution in [1.29, 1.82) is 0 Å². The number of amides is 1. The topological polar surface area (TPSA) is 76.1 Å². The molecule has 0 bridgehead atoms. The lowest BCUT2D eigenvalue weighted by Gasteiger charge is -2.19. The molecule has 2 heterocycles. The van der Waals surface area contributed by atoms with Crippen LogP contribution in [0.25, 0.3) is 5.70 Å². The Morgan fingerprint density at radius 1 is 1.30 bits per heavy atom. The number of ether oxygens (including phenoxy) is 1. The van der Waals surface area contributed by atoms with E-state index in [4.69, 9.17) is 4.74 Å². The second-order valence-corrected chi connectivity index (χ2v) is 8.58. The van der Waals surface area contributed by atoms with Crippen LogP contribution < -0.4 is 10.6 Å². The minimum Gasteiger partial charge on any atom is -0.444 e. The number of alkyl carbamates (subject to hydrolysis) is 1. The first-order valence-corrected chi connectivity index (χ1v) is 9.74. The van der Waals surface area contributed by atoms with E-state index in [0.717, 1.165) is 32.5 Å². The van der Waals surface area contributed by atoms with Crippen LogP contribution >= 0.6 is 11.3 Å². The zero-order valence-corrected chi connectivity index (χ0v) is 17.5. The summed E-state index contributed by atoms with van der Waals surface area (Å²) in [7, 11) is 0. The van der Waals surface area contributed by atoms with Gasteiger partial charge in [-0.1, -0.05) is 12.6 Å². The number of thiazole rings is 1. The second kappa shape index (κ2) is 8.99. The monoisotopic (exact) mass is 388 g/mol. The van der Waals surface area contributed by atoms with Gasteiger partial charge in [0, 0.05) is 24.0 Å². The van der Waals surface area contributed by atoms with Crippen LogP contribution in [0.2, 0.25) is 0 Å². The molecule has 0 radical (unpaired) electrons. The molecule has 7 heteroatoms. The first-order valence-electron chi connectivity index (χ1n) is 8.92. The molecule has 0 aliphatic heterocycles. The Labute approximate surface area is 165 Å². The number of aromatic nitrogens is 2. The van der Waals surface area contributed by atoms with Crippen molar-refractivity contribution >= 4 is 23.1 Å². The molecule has 0 aliphatic rings. The molecule has 0 saturated carbocycles. The molecule has 0 aliphatic carbocycles. The number of hydrogen-bond donors (Lipinski definition) is 2. The van der Waals surface area contributed by atoms with Crippen LogP contribution in [0.3, 0.4) is 0 Å². The predicted molar refractivity (Wildman–Crippen MR) is 110 cm³/mol. The third-order valence-electron chi connectivity index (χ3n) is 3.72. The highest BCUT2D eigenvalue weighted by Gasteiger charge is 2.16. The molecular formula is C20H28N4O2S. The number of carbonyl (C=O) groups excluding carboxylic acids is 1. The van der Waals surface area contributed by atoms with E-state index in [-0.39, 0.29) is 0 Å². The molecule has 2 rings (SSSR count). The summed E-state index contributed by atoms with van der Waals surface area (Å²) in [6.07, 6.45) is 2.03. The Bertz CT molecular complexity index is 809. The minimum atomic E-state index is -0.496. The number of nitrogens with zero attached hydrogens (tertiary/aromatic N) is 2. The average molecular weight is 389 g/mol. The Kier molecular flexibility index (Phi) is 6.96. The molecule has 2 N–H and O–H groups in total. The van der Waals surface area contributed by atoms with Crippen LogP contribution in [0.5, 0.6) is 0 Å². The number of hydrogen-bond acceptors (Lipinski definition) is 6. The maximum atomic E-state index is 11.7. The van der Waals surface area contributed by atoms with Crippen LogP contribution in [0.1, 0.15) is 47.6 Å². The van der Waals surface area contributed by atoms with Gasteiger partial charge in [0.1, 0.15) is 5.60 Å². The maximum Gasteiger partial charge on any atom is 0.407 e. The van der Waals surface area contributed by atoms with Crippen molar-refractivity contribution < 1.29 is 9.53 Å². The van der Waals surface area contributed by atoms with Crippen molar-refractivity contribution in [2.24, 2.45) is 0 Å². The largest absolute Gasteiger partial charge is 0.444 e. The van der Waals surface area contributed by atoms with Crippen LogP contribution in [0.15, 0.2) is 24.9 Å². The predicted octanol–water partition coefficient (Wildman–Crippen LogP) is 3.98. The van der Waals surface area contributed by atoms with Gasteiger partial charge in [-0.3, -0.25) is 4.98 Å². The van der Waals surface area contributed by atoms with E-state index < -0.39 is 11.7 Å². The van der Waals surface area contributed by atoms with Crippen molar-refractivity contribution in [3.63, 3.8) is 0 Å². The highest BCUT2D eigenvalue weighted by atomic mass is 32.1. The van der Waals surface area contributed by atoms with Gasteiger partial charge in [0.15, 0.2) is 0 Å². The summed E-state index contributed by atoms with van der Waals surface area (Å²) in [6.45, 7) is 14.8. The van der Waals surface area contributed by atoms with Gasteiger partial charge < -0.3 is 15.4 Å². The van der Waals surface area contributed by atoms with Gasteiger partial charge in [0.05, 0.1) is 28.6 Å². The van der Waals surface area contributed by atoms with Crippen molar-refractivity contribution in [1.82, 2.24) is 20.6 Å². The summed E-state index contributed by atoms with van der Waals surface area (Å²) < 4.78 is 5.23. The first-order chi connectivity index (χ1) is 12.7. The highest BCUT2D eigenvalue weighted by molar-refractivity contribution is 7.11. The molecule has 0 atom stereocenters. The van der Waals surface area contributed by atoms with E-state index in [1.807, 2.05) is 46.8 Å². The fourth-order valence-electron chi connectivity index (χ4n) is 2.40. The second-order valence-electron chi connectivity index (χ2n) is 7.29. The third kappa shape index (κ3) is 6.67. The van der Waals surface area contributed by atoms with Gasteiger partial charge in [-0.2, -0.15) is 0 Å². The fraction of sp³-hybridized carbons (Fsp3) is 0.450. The van der Waals surface area contributed by atoms with Crippen molar-refractivity contribution in [3.05, 3.63) is 51.7 Å². The number of pyridine rings is 1. The van der Waals surface area contributed by atoms with Gasteiger partial charge in [-0.05, 0) is 46.2 Å². The lowest BCUT2D eigenvalue weighted by Crippen LogP contribution is -2.33. The molecule has 0 saturated heterocycles. The Hall–Kier alpha value is -2.41. The summed E-state index contributed by atoms with van der Waals surface area (Å²) >= 11 is 1.61.